The molecule has 0 bridgehead atoms. The Morgan fingerprint density at radius 3 is 2.00 bits per heavy atom. The van der Waals surface area contributed by atoms with E-state index in [0.29, 0.717) is 0 Å². The third-order valence-corrected chi connectivity index (χ3v) is 5.49. The number of aromatic hydroxyl groups is 2. The van der Waals surface area contributed by atoms with Crippen molar-refractivity contribution < 1.29 is 34.1 Å². The molecule has 0 unspecified atom stereocenters. The highest BCUT2D eigenvalue weighted by Crippen LogP contribution is 2.44. The summed E-state index contributed by atoms with van der Waals surface area (Å²) in [4.78, 5) is 53.4. The summed E-state index contributed by atoms with van der Waals surface area (Å²) >= 11 is 0. The first-order valence-corrected chi connectivity index (χ1v) is 9.32. The summed E-state index contributed by atoms with van der Waals surface area (Å²) < 4.78 is 5.75. The van der Waals surface area contributed by atoms with Crippen LogP contribution in [0, 0.1) is 0 Å². The third kappa shape index (κ3) is 2.71. The summed E-state index contributed by atoms with van der Waals surface area (Å²) in [6, 6.07) is 5.85. The van der Waals surface area contributed by atoms with Gasteiger partial charge in [-0.05, 0) is 24.6 Å². The van der Waals surface area contributed by atoms with E-state index in [1.807, 2.05) is 0 Å². The summed E-state index contributed by atoms with van der Waals surface area (Å²) in [5, 5.41) is 20.6. The molecule has 31 heavy (non-hydrogen) atoms. The molecule has 0 radical (unpaired) electrons. The third-order valence-electron chi connectivity index (χ3n) is 5.49. The molecule has 160 valence electrons. The topological polar surface area (TPSA) is 129 Å². The molecule has 1 fully saturated rings. The van der Waals surface area contributed by atoms with Gasteiger partial charge in [0, 0.05) is 12.1 Å². The van der Waals surface area contributed by atoms with E-state index in [1.165, 1.54) is 31.2 Å². The van der Waals surface area contributed by atoms with Crippen LogP contribution in [0.4, 0.5) is 0 Å². The number of ether oxygens (including phenoxy) is 1. The fraction of sp³-hybridized carbons (Fsp3) is 0.238. The number of imide groups is 1. The second-order valence-corrected chi connectivity index (χ2v) is 7.32. The normalized spacial score (nSPS) is 21.0. The number of amides is 3. The number of hydrogen-bond acceptors (Lipinski definition) is 7. The van der Waals surface area contributed by atoms with Gasteiger partial charge in [-0.25, -0.2) is 4.79 Å². The molecule has 0 aliphatic carbocycles. The zero-order valence-corrected chi connectivity index (χ0v) is 16.7. The largest absolute Gasteiger partial charge is 0.494 e. The summed E-state index contributed by atoms with van der Waals surface area (Å²) in [5.74, 6) is -3.73. The van der Waals surface area contributed by atoms with E-state index < -0.39 is 53.7 Å². The Kier molecular flexibility index (Phi) is 4.57. The van der Waals surface area contributed by atoms with E-state index in [-0.39, 0.29) is 16.7 Å². The number of hydrogen-bond donors (Lipinski definition) is 2. The lowest BCUT2D eigenvalue weighted by Gasteiger charge is -2.52. The van der Waals surface area contributed by atoms with Crippen molar-refractivity contribution >= 4 is 23.7 Å². The second-order valence-electron chi connectivity index (χ2n) is 7.32. The summed E-state index contributed by atoms with van der Waals surface area (Å²) in [6.45, 7) is 5.24. The molecule has 3 heterocycles. The molecular formula is C21H19N3O7. The fourth-order valence-corrected chi connectivity index (χ4v) is 4.09. The van der Waals surface area contributed by atoms with Gasteiger partial charge in [0.1, 0.15) is 6.17 Å². The number of β-lactam (4-membered cyclic amide) rings is 1. The lowest BCUT2D eigenvalue weighted by molar-refractivity contribution is -0.175. The van der Waals surface area contributed by atoms with E-state index >= 15 is 0 Å². The van der Waals surface area contributed by atoms with Crippen LogP contribution in [-0.2, 0) is 14.3 Å². The molecule has 1 aromatic carbocycles. The van der Waals surface area contributed by atoms with Crippen LogP contribution in [-0.4, -0.2) is 67.5 Å². The van der Waals surface area contributed by atoms with Gasteiger partial charge in [0.25, 0.3) is 17.7 Å². The number of methoxy groups -OCH3 is 1. The lowest BCUT2D eigenvalue weighted by Crippen LogP contribution is -2.71. The maximum absolute atomic E-state index is 13.2. The van der Waals surface area contributed by atoms with E-state index in [2.05, 4.69) is 6.58 Å². The lowest BCUT2D eigenvalue weighted by atomic mass is 9.94. The van der Waals surface area contributed by atoms with Gasteiger partial charge >= 0.3 is 5.97 Å². The highest BCUT2D eigenvalue weighted by molar-refractivity contribution is 6.23. The van der Waals surface area contributed by atoms with Gasteiger partial charge in [-0.2, -0.15) is 0 Å². The maximum atomic E-state index is 13.2. The van der Waals surface area contributed by atoms with Crippen molar-refractivity contribution in [3.8, 4) is 11.8 Å². The molecule has 0 saturated carbocycles. The van der Waals surface area contributed by atoms with Crippen LogP contribution < -0.4 is 0 Å². The SMILES string of the molecule is C=C(C)[C@H](C(=O)OC)N1C(=O)[C@@H](N2C(=O)c3ccccc3C2=O)[C@H]1n1c(O)ccc1O. The van der Waals surface area contributed by atoms with Crippen LogP contribution in [0.2, 0.25) is 0 Å². The molecule has 2 aromatic rings. The van der Waals surface area contributed by atoms with E-state index in [1.54, 1.807) is 12.1 Å². The molecule has 10 nitrogen and oxygen atoms in total. The highest BCUT2D eigenvalue weighted by atomic mass is 16.5. The summed E-state index contributed by atoms with van der Waals surface area (Å²) in [6.07, 6.45) is -1.26. The molecule has 0 spiro atoms. The predicted octanol–water partition coefficient (Wildman–Crippen LogP) is 1.02. The average Bonchev–Trinajstić information content (AvgIpc) is 3.20. The molecule has 1 saturated heterocycles. The summed E-state index contributed by atoms with van der Waals surface area (Å²) in [7, 11) is 1.14. The Balaban J connectivity index is 1.83. The number of nitrogens with zero attached hydrogens (tertiary/aromatic N) is 3. The van der Waals surface area contributed by atoms with Crippen LogP contribution in [0.25, 0.3) is 0 Å². The Morgan fingerprint density at radius 2 is 1.55 bits per heavy atom. The molecular weight excluding hydrogens is 406 g/mol. The molecule has 2 N–H and O–H groups in total. The van der Waals surface area contributed by atoms with E-state index in [0.717, 1.165) is 21.5 Å². The van der Waals surface area contributed by atoms with Crippen molar-refractivity contribution in [2.45, 2.75) is 25.2 Å². The van der Waals surface area contributed by atoms with Crippen molar-refractivity contribution in [3.05, 3.63) is 59.7 Å². The number of carbonyl (C=O) groups is 4. The van der Waals surface area contributed by atoms with Crippen molar-refractivity contribution in [1.82, 2.24) is 14.4 Å². The van der Waals surface area contributed by atoms with Crippen LogP contribution in [0.3, 0.4) is 0 Å². The predicted molar refractivity (Wildman–Crippen MR) is 105 cm³/mol. The molecule has 3 amide bonds. The molecule has 2 aliphatic heterocycles. The van der Waals surface area contributed by atoms with Gasteiger partial charge in [0.2, 0.25) is 0 Å². The van der Waals surface area contributed by atoms with Gasteiger partial charge in [0.15, 0.2) is 23.8 Å². The minimum absolute atomic E-state index is 0.142. The zero-order valence-electron chi connectivity index (χ0n) is 16.7. The quantitative estimate of drug-likeness (QED) is 0.317. The number of carbonyl (C=O) groups excluding carboxylic acids is 4. The van der Waals surface area contributed by atoms with Gasteiger partial charge in [-0.3, -0.25) is 28.8 Å². The van der Waals surface area contributed by atoms with Gasteiger partial charge in [0.05, 0.1) is 18.2 Å². The average molecular weight is 425 g/mol. The first-order valence-electron chi connectivity index (χ1n) is 9.32. The van der Waals surface area contributed by atoms with Crippen molar-refractivity contribution in [3.63, 3.8) is 0 Å². The van der Waals surface area contributed by atoms with E-state index in [9.17, 15) is 29.4 Å². The van der Waals surface area contributed by atoms with Gasteiger partial charge < -0.3 is 14.9 Å². The number of likely N-dealkylation sites (tertiary alicyclic amines) is 1. The minimum atomic E-state index is -1.40. The fourth-order valence-electron chi connectivity index (χ4n) is 4.09. The Morgan fingerprint density at radius 1 is 1.03 bits per heavy atom. The first kappa shape index (κ1) is 20.2. The number of benzene rings is 1. The highest BCUT2D eigenvalue weighted by Gasteiger charge is 2.61. The Bertz CT molecular complexity index is 1100. The monoisotopic (exact) mass is 425 g/mol. The van der Waals surface area contributed by atoms with Gasteiger partial charge in [-0.1, -0.05) is 18.7 Å². The number of fused-ring (bicyclic) bond motifs is 1. The smallest absolute Gasteiger partial charge is 0.332 e. The number of aromatic nitrogens is 1. The van der Waals surface area contributed by atoms with Crippen LogP contribution in [0.1, 0.15) is 33.8 Å². The Hall–Kier alpha value is -4.08. The van der Waals surface area contributed by atoms with Crippen LogP contribution in [0.15, 0.2) is 48.6 Å². The van der Waals surface area contributed by atoms with Crippen molar-refractivity contribution in [1.29, 1.82) is 0 Å². The maximum Gasteiger partial charge on any atom is 0.332 e. The van der Waals surface area contributed by atoms with E-state index in [4.69, 9.17) is 4.74 Å². The second kappa shape index (κ2) is 7.01. The van der Waals surface area contributed by atoms with Crippen LogP contribution in [0.5, 0.6) is 11.8 Å². The zero-order chi connectivity index (χ0) is 22.6. The minimum Gasteiger partial charge on any atom is -0.494 e. The summed E-state index contributed by atoms with van der Waals surface area (Å²) in [5.41, 5.74) is 0.544. The van der Waals surface area contributed by atoms with Crippen LogP contribution >= 0.6 is 0 Å². The molecule has 10 heteroatoms. The molecule has 2 aliphatic rings. The molecule has 4 rings (SSSR count). The Labute approximate surface area is 176 Å². The van der Waals surface area contributed by atoms with Gasteiger partial charge in [-0.15, -0.1) is 0 Å². The number of esters is 1. The number of rotatable bonds is 5. The first-order chi connectivity index (χ1) is 14.7. The molecule has 1 aromatic heterocycles. The van der Waals surface area contributed by atoms with Crippen molar-refractivity contribution in [2.24, 2.45) is 0 Å². The van der Waals surface area contributed by atoms with Crippen molar-refractivity contribution in [2.75, 3.05) is 7.11 Å². The standard InChI is InChI=1S/C21H19N3O7/c1-10(2)15(21(30)31-3)23-17(22-13(25)8-9-14(22)26)16(20(23)29)24-18(27)11-6-4-5-7-12(11)19(24)28/h4-9,15-17,25-26H,1H2,2-3H3/t15-,16+,17+/m1/s1. The molecule has 3 atom stereocenters.